The molecule has 36 heavy (non-hydrogen) atoms. The van der Waals surface area contributed by atoms with Gasteiger partial charge in [0.05, 0.1) is 7.11 Å². The van der Waals surface area contributed by atoms with Crippen molar-refractivity contribution in [2.45, 2.75) is 19.5 Å². The fraction of sp³-hybridized carbons (Fsp3) is 0.174. The zero-order chi connectivity index (χ0) is 26.5. The third-order valence-electron chi connectivity index (χ3n) is 4.29. The third kappa shape index (κ3) is 7.61. The molecule has 1 aromatic heterocycles. The van der Waals surface area contributed by atoms with E-state index in [0.29, 0.717) is 11.6 Å². The number of halogens is 6. The highest BCUT2D eigenvalue weighted by atomic mass is 19.4. The molecule has 3 rings (SSSR count). The second kappa shape index (κ2) is 10.5. The van der Waals surface area contributed by atoms with Gasteiger partial charge in [-0.3, -0.25) is 4.79 Å². The largest absolute Gasteiger partial charge is 0.573 e. The second-order valence-electron chi connectivity index (χ2n) is 7.04. The summed E-state index contributed by atoms with van der Waals surface area (Å²) in [6.07, 6.45) is -6.92. The lowest BCUT2D eigenvalue weighted by Crippen LogP contribution is -2.17. The van der Waals surface area contributed by atoms with Gasteiger partial charge in [-0.05, 0) is 55.0 Å². The minimum absolute atomic E-state index is 0.0755. The Morgan fingerprint density at radius 2 is 1.64 bits per heavy atom. The van der Waals surface area contributed by atoms with Crippen LogP contribution in [-0.4, -0.2) is 29.3 Å². The maximum absolute atomic E-state index is 13.0. The Labute approximate surface area is 200 Å². The highest BCUT2D eigenvalue weighted by Crippen LogP contribution is 2.34. The number of nitrogens with one attached hydrogen (secondary N) is 1. The van der Waals surface area contributed by atoms with E-state index < -0.39 is 29.9 Å². The molecule has 0 radical (unpaired) electrons. The topological polar surface area (TPSA) is 82.6 Å². The number of aromatic nitrogens is 2. The molecule has 0 bridgehead atoms. The first kappa shape index (κ1) is 26.3. The average molecular weight is 513 g/mol. The number of ether oxygens (including phenoxy) is 3. The Kier molecular flexibility index (Phi) is 7.71. The molecular weight excluding hydrogens is 496 g/mol. The molecule has 7 nitrogen and oxygen atoms in total. The van der Waals surface area contributed by atoms with Gasteiger partial charge in [-0.2, -0.15) is 18.2 Å². The minimum atomic E-state index is -4.82. The quantitative estimate of drug-likeness (QED) is 0.301. The van der Waals surface area contributed by atoms with E-state index in [-0.39, 0.29) is 28.9 Å². The van der Waals surface area contributed by atoms with Crippen molar-refractivity contribution in [3.8, 4) is 23.1 Å². The summed E-state index contributed by atoms with van der Waals surface area (Å²) in [7, 11) is 1.32. The summed E-state index contributed by atoms with van der Waals surface area (Å²) in [5, 5.41) is 2.47. The highest BCUT2D eigenvalue weighted by molar-refractivity contribution is 6.02. The van der Waals surface area contributed by atoms with Crippen LogP contribution in [-0.2, 0) is 11.0 Å². The van der Waals surface area contributed by atoms with Crippen molar-refractivity contribution in [2.24, 2.45) is 0 Å². The van der Waals surface area contributed by atoms with E-state index in [2.05, 4.69) is 20.0 Å². The van der Waals surface area contributed by atoms with Crippen LogP contribution in [0.4, 0.5) is 32.0 Å². The van der Waals surface area contributed by atoms with E-state index in [4.69, 9.17) is 9.47 Å². The number of methoxy groups -OCH3 is 1. The minimum Gasteiger partial charge on any atom is -0.493 e. The molecule has 0 aliphatic carbocycles. The number of alkyl halides is 6. The van der Waals surface area contributed by atoms with E-state index >= 15 is 0 Å². The van der Waals surface area contributed by atoms with Crippen LogP contribution in [0.3, 0.4) is 0 Å². The van der Waals surface area contributed by atoms with Crippen molar-refractivity contribution in [2.75, 3.05) is 12.4 Å². The van der Waals surface area contributed by atoms with Gasteiger partial charge in [-0.25, -0.2) is 4.98 Å². The number of hydrogen-bond acceptors (Lipinski definition) is 6. The zero-order valence-electron chi connectivity index (χ0n) is 18.6. The first-order valence-electron chi connectivity index (χ1n) is 9.96. The van der Waals surface area contributed by atoms with Gasteiger partial charge in [0.2, 0.25) is 11.8 Å². The summed E-state index contributed by atoms with van der Waals surface area (Å²) in [6.45, 7) is 1.29. The Balaban J connectivity index is 1.68. The van der Waals surface area contributed by atoms with Crippen LogP contribution in [0.25, 0.3) is 6.08 Å². The van der Waals surface area contributed by atoms with Gasteiger partial charge in [0.15, 0.2) is 17.2 Å². The lowest BCUT2D eigenvalue weighted by molar-refractivity contribution is -0.274. The molecule has 3 aromatic rings. The molecule has 0 unspecified atom stereocenters. The van der Waals surface area contributed by atoms with Gasteiger partial charge in [0.25, 0.3) is 0 Å². The number of carbonyl (C=O) groups excluding carboxylic acids is 1. The highest BCUT2D eigenvalue weighted by Gasteiger charge is 2.34. The molecule has 0 spiro atoms. The van der Waals surface area contributed by atoms with Gasteiger partial charge >= 0.3 is 12.5 Å². The number of benzene rings is 2. The molecule has 0 aliphatic rings. The third-order valence-corrected chi connectivity index (χ3v) is 4.29. The van der Waals surface area contributed by atoms with Crippen molar-refractivity contribution in [1.29, 1.82) is 0 Å². The number of amides is 1. The first-order chi connectivity index (χ1) is 16.8. The lowest BCUT2D eigenvalue weighted by atomic mass is 10.2. The number of hydrogen-bond donors (Lipinski definition) is 1. The molecule has 0 saturated heterocycles. The first-order valence-corrected chi connectivity index (χ1v) is 9.96. The SMILES string of the molecule is COc1cc(C=CC(=O)Nc2ccc(OC(F)(F)F)cc2)ccc1Oc1cc(C(F)(F)F)nc(C)n1. The van der Waals surface area contributed by atoms with Crippen molar-refractivity contribution >= 4 is 17.7 Å². The fourth-order valence-corrected chi connectivity index (χ4v) is 2.82. The predicted octanol–water partition coefficient (Wildman–Crippen LogP) is 6.16. The van der Waals surface area contributed by atoms with E-state index in [1.54, 1.807) is 0 Å². The standard InChI is InChI=1S/C23H17F6N3O4/c1-13-30-19(22(24,25)26)12-21(31-13)35-17-9-3-14(11-18(17)34-2)4-10-20(33)32-15-5-7-16(8-6-15)36-23(27,28)29/h3-12H,1-2H3,(H,32,33). The predicted molar refractivity (Wildman–Crippen MR) is 116 cm³/mol. The number of carbonyl (C=O) groups is 1. The van der Waals surface area contributed by atoms with Crippen LogP contribution in [0.1, 0.15) is 17.1 Å². The second-order valence-corrected chi connectivity index (χ2v) is 7.04. The van der Waals surface area contributed by atoms with Crippen LogP contribution in [0.5, 0.6) is 23.1 Å². The van der Waals surface area contributed by atoms with Gasteiger partial charge in [0.1, 0.15) is 11.6 Å². The summed E-state index contributed by atoms with van der Waals surface area (Å²) in [5.74, 6) is -1.24. The summed E-state index contributed by atoms with van der Waals surface area (Å²) in [4.78, 5) is 19.3. The van der Waals surface area contributed by atoms with Gasteiger partial charge in [-0.15, -0.1) is 13.2 Å². The van der Waals surface area contributed by atoms with Crippen molar-refractivity contribution in [3.63, 3.8) is 0 Å². The molecule has 0 saturated carbocycles. The molecule has 190 valence electrons. The number of anilines is 1. The molecule has 1 N–H and O–H groups in total. The number of nitrogens with zero attached hydrogens (tertiary/aromatic N) is 2. The van der Waals surface area contributed by atoms with Crippen LogP contribution in [0.15, 0.2) is 54.6 Å². The molecule has 0 atom stereocenters. The van der Waals surface area contributed by atoms with E-state index in [0.717, 1.165) is 12.1 Å². The molecule has 1 heterocycles. The summed E-state index contributed by atoms with van der Waals surface area (Å²) >= 11 is 0. The van der Waals surface area contributed by atoms with Crippen LogP contribution in [0, 0.1) is 6.92 Å². The van der Waals surface area contributed by atoms with Gasteiger partial charge < -0.3 is 19.5 Å². The van der Waals surface area contributed by atoms with Crippen LogP contribution < -0.4 is 19.5 Å². The lowest BCUT2D eigenvalue weighted by Gasteiger charge is -2.12. The van der Waals surface area contributed by atoms with Gasteiger partial charge in [-0.1, -0.05) is 6.07 Å². The number of rotatable bonds is 7. The molecule has 0 aliphatic heterocycles. The zero-order valence-corrected chi connectivity index (χ0v) is 18.6. The maximum atomic E-state index is 13.0. The van der Waals surface area contributed by atoms with Crippen LogP contribution >= 0.6 is 0 Å². The summed E-state index contributed by atoms with van der Waals surface area (Å²) < 4.78 is 90.0. The Morgan fingerprint density at radius 1 is 0.944 bits per heavy atom. The maximum Gasteiger partial charge on any atom is 0.573 e. The van der Waals surface area contributed by atoms with Crippen molar-refractivity contribution < 1.29 is 45.3 Å². The monoisotopic (exact) mass is 513 g/mol. The van der Waals surface area contributed by atoms with Crippen molar-refractivity contribution in [1.82, 2.24) is 9.97 Å². The summed E-state index contributed by atoms with van der Waals surface area (Å²) in [5.41, 5.74) is -0.436. The molecular formula is C23H17F6N3O4. The van der Waals surface area contributed by atoms with E-state index in [9.17, 15) is 31.1 Å². The smallest absolute Gasteiger partial charge is 0.493 e. The number of aryl methyl sites for hydroxylation is 1. The Bertz CT molecular complexity index is 1260. The summed E-state index contributed by atoms with van der Waals surface area (Å²) in [6, 6.07) is 9.64. The van der Waals surface area contributed by atoms with Crippen LogP contribution in [0.2, 0.25) is 0 Å². The molecule has 2 aromatic carbocycles. The fourth-order valence-electron chi connectivity index (χ4n) is 2.82. The van der Waals surface area contributed by atoms with E-state index in [1.807, 2.05) is 0 Å². The van der Waals surface area contributed by atoms with E-state index in [1.165, 1.54) is 56.5 Å². The average Bonchev–Trinajstić information content (AvgIpc) is 2.78. The normalized spacial score (nSPS) is 11.9. The molecule has 1 amide bonds. The Hall–Kier alpha value is -4.29. The van der Waals surface area contributed by atoms with Gasteiger partial charge in [0, 0.05) is 17.8 Å². The molecule has 0 fully saturated rings. The van der Waals surface area contributed by atoms with Crippen molar-refractivity contribution in [3.05, 3.63) is 71.7 Å². The Morgan fingerprint density at radius 3 is 2.25 bits per heavy atom. The molecule has 13 heteroatoms.